The van der Waals surface area contributed by atoms with E-state index in [4.69, 9.17) is 5.73 Å². The third-order valence-corrected chi connectivity index (χ3v) is 4.47. The van der Waals surface area contributed by atoms with Gasteiger partial charge >= 0.3 is 0 Å². The van der Waals surface area contributed by atoms with Crippen LogP contribution >= 0.6 is 11.3 Å². The van der Waals surface area contributed by atoms with Crippen molar-refractivity contribution in [3.8, 4) is 0 Å². The summed E-state index contributed by atoms with van der Waals surface area (Å²) in [6.07, 6.45) is 3.35. The molecule has 5 heteroatoms. The maximum atomic E-state index is 11.8. The van der Waals surface area contributed by atoms with Crippen LogP contribution in [0.3, 0.4) is 0 Å². The number of thiazole rings is 1. The molecule has 1 aromatic carbocycles. The van der Waals surface area contributed by atoms with Gasteiger partial charge in [0, 0.05) is 18.5 Å². The average Bonchev–Trinajstić information content (AvgIpc) is 2.86. The lowest BCUT2D eigenvalue weighted by Crippen LogP contribution is -2.48. The topological polar surface area (TPSA) is 68.0 Å². The van der Waals surface area contributed by atoms with Crippen LogP contribution in [0.25, 0.3) is 10.2 Å². The Morgan fingerprint density at radius 3 is 2.81 bits per heavy atom. The zero-order valence-corrected chi connectivity index (χ0v) is 13.5. The lowest BCUT2D eigenvalue weighted by Gasteiger charge is -2.24. The van der Waals surface area contributed by atoms with Crippen LogP contribution in [0.4, 0.5) is 0 Å². The molecule has 0 saturated heterocycles. The second kappa shape index (κ2) is 7.00. The van der Waals surface area contributed by atoms with Crippen LogP contribution in [0.15, 0.2) is 24.3 Å². The van der Waals surface area contributed by atoms with Crippen LogP contribution in [-0.2, 0) is 11.2 Å². The zero-order valence-electron chi connectivity index (χ0n) is 12.7. The van der Waals surface area contributed by atoms with E-state index in [-0.39, 0.29) is 11.4 Å². The highest BCUT2D eigenvalue weighted by Crippen LogP contribution is 2.22. The predicted molar refractivity (Wildman–Crippen MR) is 88.5 cm³/mol. The van der Waals surface area contributed by atoms with E-state index in [0.717, 1.165) is 29.8 Å². The first-order chi connectivity index (χ1) is 10.00. The third-order valence-electron chi connectivity index (χ3n) is 3.37. The van der Waals surface area contributed by atoms with Crippen molar-refractivity contribution >= 4 is 27.5 Å². The van der Waals surface area contributed by atoms with Gasteiger partial charge in [0.05, 0.1) is 15.2 Å². The molecule has 4 nitrogen and oxygen atoms in total. The lowest BCUT2D eigenvalue weighted by molar-refractivity contribution is -0.122. The Morgan fingerprint density at radius 2 is 2.10 bits per heavy atom. The number of para-hydroxylation sites is 1. The maximum Gasteiger partial charge on any atom is 0.220 e. The van der Waals surface area contributed by atoms with Crippen molar-refractivity contribution in [2.45, 2.75) is 45.1 Å². The molecule has 0 unspecified atom stereocenters. The summed E-state index contributed by atoms with van der Waals surface area (Å²) in [7, 11) is 0. The number of hydrogen-bond acceptors (Lipinski definition) is 4. The molecule has 2 aromatic rings. The van der Waals surface area contributed by atoms with Gasteiger partial charge in [-0.05, 0) is 45.2 Å². The molecule has 2 rings (SSSR count). The fourth-order valence-electron chi connectivity index (χ4n) is 2.08. The van der Waals surface area contributed by atoms with E-state index >= 15 is 0 Å². The number of carbonyl (C=O) groups is 1. The predicted octanol–water partition coefficient (Wildman–Crippen LogP) is 2.86. The Labute approximate surface area is 129 Å². The van der Waals surface area contributed by atoms with Crippen LogP contribution in [0.1, 0.15) is 38.1 Å². The highest BCUT2D eigenvalue weighted by molar-refractivity contribution is 7.18. The molecule has 0 fully saturated rings. The summed E-state index contributed by atoms with van der Waals surface area (Å²) in [4.78, 5) is 16.4. The number of rotatable bonds is 7. The molecule has 114 valence electrons. The first-order valence-electron chi connectivity index (χ1n) is 7.36. The minimum Gasteiger partial charge on any atom is -0.350 e. The van der Waals surface area contributed by atoms with Gasteiger partial charge in [0.2, 0.25) is 5.91 Å². The normalized spacial score (nSPS) is 11.8. The molecule has 21 heavy (non-hydrogen) atoms. The zero-order chi connectivity index (χ0) is 15.3. The summed E-state index contributed by atoms with van der Waals surface area (Å²) in [6, 6.07) is 8.18. The molecule has 1 heterocycles. The van der Waals surface area contributed by atoms with E-state index < -0.39 is 0 Å². The van der Waals surface area contributed by atoms with E-state index in [0.29, 0.717) is 13.0 Å². The number of nitrogens with zero attached hydrogens (tertiary/aromatic N) is 1. The van der Waals surface area contributed by atoms with Crippen LogP contribution in [-0.4, -0.2) is 23.0 Å². The van der Waals surface area contributed by atoms with Crippen molar-refractivity contribution in [2.24, 2.45) is 5.73 Å². The highest BCUT2D eigenvalue weighted by atomic mass is 32.1. The Balaban J connectivity index is 1.73. The number of carbonyl (C=O) groups excluding carboxylic acids is 1. The van der Waals surface area contributed by atoms with E-state index in [1.165, 1.54) is 4.70 Å². The monoisotopic (exact) mass is 305 g/mol. The molecule has 0 saturated carbocycles. The number of hydrogen-bond donors (Lipinski definition) is 2. The molecular formula is C16H23N3OS. The molecular weight excluding hydrogens is 282 g/mol. The van der Waals surface area contributed by atoms with Crippen LogP contribution in [0.5, 0.6) is 0 Å². The van der Waals surface area contributed by atoms with Gasteiger partial charge in [0.15, 0.2) is 0 Å². The lowest BCUT2D eigenvalue weighted by atomic mass is 10.1. The summed E-state index contributed by atoms with van der Waals surface area (Å²) in [5, 5.41) is 4.10. The molecule has 0 spiro atoms. The number of nitrogens with two attached hydrogens (primary N) is 1. The fourth-order valence-corrected chi connectivity index (χ4v) is 3.09. The number of unbranched alkanes of at least 4 members (excludes halogenated alkanes) is 1. The standard InChI is InChI=1S/C16H23N3OS/c1-16(2,11-17)19-14(20)9-5-6-10-15-18-12-7-3-4-8-13(12)21-15/h3-4,7-8H,5-6,9-11,17H2,1-2H3,(H,19,20). The van der Waals surface area contributed by atoms with Gasteiger partial charge in [-0.25, -0.2) is 4.98 Å². The molecule has 1 amide bonds. The summed E-state index contributed by atoms with van der Waals surface area (Å²) in [5.74, 6) is 0.0785. The average molecular weight is 305 g/mol. The van der Waals surface area contributed by atoms with Crippen molar-refractivity contribution in [1.82, 2.24) is 10.3 Å². The van der Waals surface area contributed by atoms with Crippen molar-refractivity contribution < 1.29 is 4.79 Å². The minimum absolute atomic E-state index is 0.0785. The molecule has 0 aliphatic heterocycles. The third kappa shape index (κ3) is 4.79. The molecule has 3 N–H and O–H groups in total. The van der Waals surface area contributed by atoms with Crippen LogP contribution in [0.2, 0.25) is 0 Å². The largest absolute Gasteiger partial charge is 0.350 e. The number of fused-ring (bicyclic) bond motifs is 1. The quantitative estimate of drug-likeness (QED) is 0.773. The molecule has 0 aliphatic carbocycles. The Bertz CT molecular complexity index is 573. The van der Waals surface area contributed by atoms with Crippen LogP contribution < -0.4 is 11.1 Å². The molecule has 1 aromatic heterocycles. The van der Waals surface area contributed by atoms with Gasteiger partial charge in [-0.2, -0.15) is 0 Å². The van der Waals surface area contributed by atoms with Gasteiger partial charge in [-0.3, -0.25) is 4.79 Å². The van der Waals surface area contributed by atoms with Crippen molar-refractivity contribution in [3.05, 3.63) is 29.3 Å². The minimum atomic E-state index is -0.315. The Hall–Kier alpha value is -1.46. The van der Waals surface area contributed by atoms with Crippen LogP contribution in [0, 0.1) is 0 Å². The molecule has 0 bridgehead atoms. The van der Waals surface area contributed by atoms with Crippen molar-refractivity contribution in [2.75, 3.05) is 6.54 Å². The van der Waals surface area contributed by atoms with Gasteiger partial charge in [-0.1, -0.05) is 12.1 Å². The summed E-state index contributed by atoms with van der Waals surface area (Å²) < 4.78 is 1.23. The van der Waals surface area contributed by atoms with Gasteiger partial charge in [0.25, 0.3) is 0 Å². The first-order valence-corrected chi connectivity index (χ1v) is 8.17. The Kier molecular flexibility index (Phi) is 5.31. The smallest absolute Gasteiger partial charge is 0.220 e. The fraction of sp³-hybridized carbons (Fsp3) is 0.500. The second-order valence-corrected chi connectivity index (χ2v) is 7.03. The first kappa shape index (κ1) is 15.9. The summed E-state index contributed by atoms with van der Waals surface area (Å²) in [5.41, 5.74) is 6.35. The number of aromatic nitrogens is 1. The molecule has 0 atom stereocenters. The summed E-state index contributed by atoms with van der Waals surface area (Å²) in [6.45, 7) is 4.32. The number of amides is 1. The number of nitrogens with one attached hydrogen (secondary N) is 1. The second-order valence-electron chi connectivity index (χ2n) is 5.92. The van der Waals surface area contributed by atoms with Gasteiger partial charge < -0.3 is 11.1 Å². The van der Waals surface area contributed by atoms with Gasteiger partial charge in [-0.15, -0.1) is 11.3 Å². The molecule has 0 radical (unpaired) electrons. The van der Waals surface area contributed by atoms with E-state index in [1.807, 2.05) is 32.0 Å². The summed E-state index contributed by atoms with van der Waals surface area (Å²) >= 11 is 1.74. The van der Waals surface area contributed by atoms with E-state index in [2.05, 4.69) is 16.4 Å². The Morgan fingerprint density at radius 1 is 1.33 bits per heavy atom. The SMILES string of the molecule is CC(C)(CN)NC(=O)CCCCc1nc2ccccc2s1. The molecule has 0 aliphatic rings. The van der Waals surface area contributed by atoms with Crippen molar-refractivity contribution in [1.29, 1.82) is 0 Å². The number of benzene rings is 1. The maximum absolute atomic E-state index is 11.8. The van der Waals surface area contributed by atoms with Gasteiger partial charge in [0.1, 0.15) is 0 Å². The highest BCUT2D eigenvalue weighted by Gasteiger charge is 2.17. The van der Waals surface area contributed by atoms with E-state index in [9.17, 15) is 4.79 Å². The van der Waals surface area contributed by atoms with Crippen molar-refractivity contribution in [3.63, 3.8) is 0 Å². The van der Waals surface area contributed by atoms with E-state index in [1.54, 1.807) is 11.3 Å². The number of aryl methyl sites for hydroxylation is 1.